The van der Waals surface area contributed by atoms with Crippen molar-refractivity contribution in [3.05, 3.63) is 41.0 Å². The molecular weight excluding hydrogens is 404 g/mol. The van der Waals surface area contributed by atoms with E-state index in [9.17, 15) is 31.1 Å². The second kappa shape index (κ2) is 7.65. The SMILES string of the molecule is Cn1nc(C2CCNCC2)c(C(F)(F)F)c1C(=O)Nc1ccnc(C(F)(F)F)c1. The number of aryl methyl sites for hydroxylation is 1. The molecular formula is C17H17F6N5O. The summed E-state index contributed by atoms with van der Waals surface area (Å²) in [6.45, 7) is 1.05. The smallest absolute Gasteiger partial charge is 0.321 e. The average molecular weight is 421 g/mol. The fourth-order valence-electron chi connectivity index (χ4n) is 3.32. The van der Waals surface area contributed by atoms with Gasteiger partial charge < -0.3 is 10.6 Å². The minimum atomic E-state index is -4.85. The lowest BCUT2D eigenvalue weighted by Gasteiger charge is -2.22. The zero-order valence-electron chi connectivity index (χ0n) is 15.2. The van der Waals surface area contributed by atoms with Gasteiger partial charge in [-0.15, -0.1) is 0 Å². The largest absolute Gasteiger partial charge is 0.433 e. The topological polar surface area (TPSA) is 71.8 Å². The number of alkyl halides is 6. The highest BCUT2D eigenvalue weighted by Crippen LogP contribution is 2.40. The van der Waals surface area contributed by atoms with E-state index in [1.165, 1.54) is 7.05 Å². The van der Waals surface area contributed by atoms with Crippen LogP contribution in [0.15, 0.2) is 18.3 Å². The molecule has 2 aromatic heterocycles. The Morgan fingerprint density at radius 3 is 2.41 bits per heavy atom. The molecule has 2 N–H and O–H groups in total. The molecule has 29 heavy (non-hydrogen) atoms. The van der Waals surface area contributed by atoms with E-state index in [0.29, 0.717) is 32.0 Å². The van der Waals surface area contributed by atoms with Crippen molar-refractivity contribution in [2.24, 2.45) is 7.05 Å². The number of anilines is 1. The molecule has 1 aliphatic rings. The van der Waals surface area contributed by atoms with E-state index in [-0.39, 0.29) is 11.4 Å². The average Bonchev–Trinajstić information content (AvgIpc) is 3.00. The molecule has 1 saturated heterocycles. The second-order valence-corrected chi connectivity index (χ2v) is 6.64. The summed E-state index contributed by atoms with van der Waals surface area (Å²) in [4.78, 5) is 15.7. The van der Waals surface area contributed by atoms with Gasteiger partial charge in [0.05, 0.1) is 5.69 Å². The number of hydrogen-bond donors (Lipinski definition) is 2. The summed E-state index contributed by atoms with van der Waals surface area (Å²) >= 11 is 0. The Morgan fingerprint density at radius 2 is 1.83 bits per heavy atom. The molecule has 1 amide bonds. The van der Waals surface area contributed by atoms with Gasteiger partial charge in [-0.2, -0.15) is 31.4 Å². The van der Waals surface area contributed by atoms with Crippen molar-refractivity contribution in [2.45, 2.75) is 31.1 Å². The number of piperidine rings is 1. The summed E-state index contributed by atoms with van der Waals surface area (Å²) in [6, 6.07) is 1.61. The van der Waals surface area contributed by atoms with Gasteiger partial charge in [0.25, 0.3) is 5.91 Å². The van der Waals surface area contributed by atoms with Crippen molar-refractivity contribution in [3.63, 3.8) is 0 Å². The first-order valence-electron chi connectivity index (χ1n) is 8.68. The Kier molecular flexibility index (Phi) is 5.57. The van der Waals surface area contributed by atoms with Gasteiger partial charge in [0.15, 0.2) is 0 Å². The number of halogens is 6. The summed E-state index contributed by atoms with van der Waals surface area (Å²) in [5.41, 5.74) is -3.73. The fraction of sp³-hybridized carbons (Fsp3) is 0.471. The Bertz CT molecular complexity index is 899. The van der Waals surface area contributed by atoms with E-state index < -0.39 is 41.1 Å². The number of nitrogens with one attached hydrogen (secondary N) is 2. The Morgan fingerprint density at radius 1 is 1.17 bits per heavy atom. The number of nitrogens with zero attached hydrogens (tertiary/aromatic N) is 3. The molecule has 2 aromatic rings. The molecule has 0 unspecified atom stereocenters. The van der Waals surface area contributed by atoms with Crippen molar-refractivity contribution in [2.75, 3.05) is 18.4 Å². The van der Waals surface area contributed by atoms with Crippen molar-refractivity contribution in [1.82, 2.24) is 20.1 Å². The first-order chi connectivity index (χ1) is 13.5. The molecule has 6 nitrogen and oxygen atoms in total. The van der Waals surface area contributed by atoms with Crippen LogP contribution in [0.5, 0.6) is 0 Å². The number of pyridine rings is 1. The molecule has 0 aliphatic carbocycles. The van der Waals surface area contributed by atoms with Crippen LogP contribution in [0.3, 0.4) is 0 Å². The standard InChI is InChI=1S/C17H17F6N5O/c1-28-14(15(29)26-10-4-7-25-11(8-10)16(18,19)20)12(17(21,22)23)13(27-28)9-2-5-24-6-3-9/h4,7-9,24H,2-3,5-6H2,1H3,(H,25,26,29). The maximum Gasteiger partial charge on any atom is 0.433 e. The number of aromatic nitrogens is 3. The van der Waals surface area contributed by atoms with Gasteiger partial charge >= 0.3 is 12.4 Å². The fourth-order valence-corrected chi connectivity index (χ4v) is 3.32. The number of rotatable bonds is 3. The summed E-state index contributed by atoms with van der Waals surface area (Å²) < 4.78 is 80.5. The third-order valence-corrected chi connectivity index (χ3v) is 4.61. The van der Waals surface area contributed by atoms with Gasteiger partial charge in [0, 0.05) is 24.8 Å². The molecule has 0 atom stereocenters. The number of amides is 1. The van der Waals surface area contributed by atoms with Crippen LogP contribution in [0.2, 0.25) is 0 Å². The Balaban J connectivity index is 1.97. The lowest BCUT2D eigenvalue weighted by Crippen LogP contribution is -2.28. The summed E-state index contributed by atoms with van der Waals surface area (Å²) in [5.74, 6) is -1.68. The zero-order chi connectivity index (χ0) is 21.4. The highest BCUT2D eigenvalue weighted by molar-refractivity contribution is 6.04. The summed E-state index contributed by atoms with van der Waals surface area (Å²) in [5, 5.41) is 9.07. The third kappa shape index (κ3) is 4.52. The summed E-state index contributed by atoms with van der Waals surface area (Å²) in [7, 11) is 1.20. The Labute approximate surface area is 161 Å². The minimum Gasteiger partial charge on any atom is -0.321 e. The zero-order valence-corrected chi connectivity index (χ0v) is 15.2. The maximum atomic E-state index is 13.8. The van der Waals surface area contributed by atoms with Gasteiger partial charge in [0.1, 0.15) is 17.0 Å². The second-order valence-electron chi connectivity index (χ2n) is 6.64. The van der Waals surface area contributed by atoms with E-state index in [1.807, 2.05) is 0 Å². The van der Waals surface area contributed by atoms with Crippen molar-refractivity contribution >= 4 is 11.6 Å². The molecule has 3 rings (SSSR count). The molecule has 0 bridgehead atoms. The Hall–Kier alpha value is -2.63. The van der Waals surface area contributed by atoms with E-state index in [4.69, 9.17) is 0 Å². The van der Waals surface area contributed by atoms with Crippen LogP contribution >= 0.6 is 0 Å². The molecule has 0 saturated carbocycles. The minimum absolute atomic E-state index is 0.225. The van der Waals surface area contributed by atoms with Gasteiger partial charge in [-0.1, -0.05) is 0 Å². The van der Waals surface area contributed by atoms with Crippen LogP contribution in [0.1, 0.15) is 46.2 Å². The number of carbonyl (C=O) groups is 1. The highest BCUT2D eigenvalue weighted by atomic mass is 19.4. The predicted octanol–water partition coefficient (Wildman–Crippen LogP) is 3.57. The monoisotopic (exact) mass is 421 g/mol. The normalized spacial score (nSPS) is 16.1. The molecule has 0 spiro atoms. The molecule has 0 aromatic carbocycles. The van der Waals surface area contributed by atoms with Crippen LogP contribution in [0, 0.1) is 0 Å². The van der Waals surface area contributed by atoms with Crippen molar-refractivity contribution in [1.29, 1.82) is 0 Å². The van der Waals surface area contributed by atoms with Crippen LogP contribution in [-0.2, 0) is 19.4 Å². The molecule has 0 radical (unpaired) electrons. The number of hydrogen-bond acceptors (Lipinski definition) is 4. The van der Waals surface area contributed by atoms with Crippen molar-refractivity contribution < 1.29 is 31.1 Å². The molecule has 3 heterocycles. The number of carbonyl (C=O) groups excluding carboxylic acids is 1. The van der Waals surface area contributed by atoms with E-state index >= 15 is 0 Å². The van der Waals surface area contributed by atoms with E-state index in [0.717, 1.165) is 16.9 Å². The quantitative estimate of drug-likeness (QED) is 0.744. The van der Waals surface area contributed by atoms with Crippen LogP contribution in [0.4, 0.5) is 32.0 Å². The van der Waals surface area contributed by atoms with Crippen LogP contribution in [0.25, 0.3) is 0 Å². The maximum absolute atomic E-state index is 13.8. The molecule has 158 valence electrons. The predicted molar refractivity (Wildman–Crippen MR) is 90.2 cm³/mol. The van der Waals surface area contributed by atoms with Gasteiger partial charge in [-0.05, 0) is 38.1 Å². The van der Waals surface area contributed by atoms with Crippen molar-refractivity contribution in [3.8, 4) is 0 Å². The third-order valence-electron chi connectivity index (χ3n) is 4.61. The van der Waals surface area contributed by atoms with Gasteiger partial charge in [-0.3, -0.25) is 14.5 Å². The lowest BCUT2D eigenvalue weighted by molar-refractivity contribution is -0.141. The van der Waals surface area contributed by atoms with Crippen LogP contribution in [-0.4, -0.2) is 33.8 Å². The first-order valence-corrected chi connectivity index (χ1v) is 8.68. The van der Waals surface area contributed by atoms with E-state index in [1.54, 1.807) is 0 Å². The molecule has 1 aliphatic heterocycles. The van der Waals surface area contributed by atoms with Crippen LogP contribution < -0.4 is 10.6 Å². The van der Waals surface area contributed by atoms with E-state index in [2.05, 4.69) is 20.7 Å². The molecule has 12 heteroatoms. The first kappa shape index (κ1) is 21.1. The summed E-state index contributed by atoms with van der Waals surface area (Å²) in [6.07, 6.45) is -7.93. The molecule has 1 fully saturated rings. The van der Waals surface area contributed by atoms with Gasteiger partial charge in [-0.25, -0.2) is 0 Å². The van der Waals surface area contributed by atoms with Gasteiger partial charge in [0.2, 0.25) is 0 Å². The highest BCUT2D eigenvalue weighted by Gasteiger charge is 2.43. The lowest BCUT2D eigenvalue weighted by atomic mass is 9.91.